The van der Waals surface area contributed by atoms with Gasteiger partial charge in [0.15, 0.2) is 0 Å². The molecule has 1 aliphatic rings. The lowest BCUT2D eigenvalue weighted by atomic mass is 10.2. The number of thioether (sulfide) groups is 1. The molecule has 1 saturated heterocycles. The molecule has 8 heteroatoms. The summed E-state index contributed by atoms with van der Waals surface area (Å²) in [6.07, 6.45) is 0. The first-order chi connectivity index (χ1) is 12.0. The van der Waals surface area contributed by atoms with Gasteiger partial charge in [0.2, 0.25) is 11.8 Å². The Labute approximate surface area is 155 Å². The molecule has 0 bridgehead atoms. The van der Waals surface area contributed by atoms with E-state index in [2.05, 4.69) is 11.1 Å². The average molecular weight is 379 g/mol. The number of nitrogens with zero attached hydrogens (tertiary/aromatic N) is 3. The number of hydrogen-bond donors (Lipinski definition) is 1. The number of primary amides is 1. The SMILES string of the molecule is CC(C(N)=O)N1CCN(C(=O)CSCc2nc3ccccc3s2)CC1. The van der Waals surface area contributed by atoms with Gasteiger partial charge in [0.25, 0.3) is 0 Å². The molecule has 1 aromatic heterocycles. The van der Waals surface area contributed by atoms with Crippen LogP contribution in [0.5, 0.6) is 0 Å². The third-order valence-corrected chi connectivity index (χ3v) is 6.56. The fraction of sp³-hybridized carbons (Fsp3) is 0.471. The standard InChI is InChI=1S/C17H22N4O2S2/c1-12(17(18)23)20-6-8-21(9-7-20)16(22)11-24-10-15-19-13-4-2-3-5-14(13)25-15/h2-5,12H,6-11H2,1H3,(H2,18,23). The molecule has 1 fully saturated rings. The highest BCUT2D eigenvalue weighted by Crippen LogP contribution is 2.24. The molecule has 3 rings (SSSR count). The highest BCUT2D eigenvalue weighted by Gasteiger charge is 2.26. The molecule has 25 heavy (non-hydrogen) atoms. The lowest BCUT2D eigenvalue weighted by Crippen LogP contribution is -2.54. The summed E-state index contributed by atoms with van der Waals surface area (Å²) >= 11 is 3.29. The van der Waals surface area contributed by atoms with Gasteiger partial charge >= 0.3 is 0 Å². The number of carbonyl (C=O) groups excluding carboxylic acids is 2. The predicted octanol–water partition coefficient (Wildman–Crippen LogP) is 1.55. The number of hydrogen-bond acceptors (Lipinski definition) is 6. The maximum absolute atomic E-state index is 12.3. The number of amides is 2. The van der Waals surface area contributed by atoms with Crippen molar-refractivity contribution in [1.29, 1.82) is 0 Å². The van der Waals surface area contributed by atoms with E-state index in [9.17, 15) is 9.59 Å². The van der Waals surface area contributed by atoms with Crippen molar-refractivity contribution >= 4 is 45.1 Å². The van der Waals surface area contributed by atoms with Crippen molar-refractivity contribution in [3.63, 3.8) is 0 Å². The van der Waals surface area contributed by atoms with Crippen molar-refractivity contribution in [3.05, 3.63) is 29.3 Å². The van der Waals surface area contributed by atoms with Crippen molar-refractivity contribution in [2.45, 2.75) is 18.7 Å². The van der Waals surface area contributed by atoms with E-state index in [1.54, 1.807) is 23.1 Å². The number of nitrogens with two attached hydrogens (primary N) is 1. The summed E-state index contributed by atoms with van der Waals surface area (Å²) in [6, 6.07) is 7.81. The molecule has 0 saturated carbocycles. The quantitative estimate of drug-likeness (QED) is 0.825. The minimum atomic E-state index is -0.314. The maximum atomic E-state index is 12.3. The summed E-state index contributed by atoms with van der Waals surface area (Å²) in [4.78, 5) is 32.1. The van der Waals surface area contributed by atoms with E-state index in [4.69, 9.17) is 5.73 Å². The molecule has 1 atom stereocenters. The Bertz CT molecular complexity index is 723. The van der Waals surface area contributed by atoms with Crippen LogP contribution in [0.2, 0.25) is 0 Å². The van der Waals surface area contributed by atoms with E-state index in [1.165, 1.54) is 4.70 Å². The van der Waals surface area contributed by atoms with Crippen LogP contribution in [0.15, 0.2) is 24.3 Å². The van der Waals surface area contributed by atoms with Crippen molar-refractivity contribution in [1.82, 2.24) is 14.8 Å². The first-order valence-corrected chi connectivity index (χ1v) is 10.2. The van der Waals surface area contributed by atoms with Crippen LogP contribution in [0.1, 0.15) is 11.9 Å². The zero-order chi connectivity index (χ0) is 17.8. The van der Waals surface area contributed by atoms with Crippen LogP contribution in [0.25, 0.3) is 10.2 Å². The normalized spacial score (nSPS) is 16.9. The average Bonchev–Trinajstić information content (AvgIpc) is 3.03. The molecule has 0 aliphatic carbocycles. The highest BCUT2D eigenvalue weighted by atomic mass is 32.2. The van der Waals surface area contributed by atoms with Crippen molar-refractivity contribution < 1.29 is 9.59 Å². The van der Waals surface area contributed by atoms with Gasteiger partial charge in [-0.1, -0.05) is 12.1 Å². The van der Waals surface area contributed by atoms with E-state index in [-0.39, 0.29) is 17.9 Å². The maximum Gasteiger partial charge on any atom is 0.234 e. The number of carbonyl (C=O) groups is 2. The zero-order valence-corrected chi connectivity index (χ0v) is 15.8. The number of rotatable bonds is 6. The molecule has 2 aromatic rings. The molecule has 6 nitrogen and oxygen atoms in total. The third-order valence-electron chi connectivity index (χ3n) is 4.42. The van der Waals surface area contributed by atoms with Gasteiger partial charge in [-0.3, -0.25) is 14.5 Å². The molecule has 2 heterocycles. The number of piperazine rings is 1. The summed E-state index contributed by atoms with van der Waals surface area (Å²) in [5.41, 5.74) is 6.36. The second-order valence-corrected chi connectivity index (χ2v) is 8.16. The number of thiazole rings is 1. The van der Waals surface area contributed by atoms with Gasteiger partial charge in [-0.2, -0.15) is 0 Å². The van der Waals surface area contributed by atoms with Gasteiger partial charge in [-0.05, 0) is 19.1 Å². The number of para-hydroxylation sites is 1. The summed E-state index contributed by atoms with van der Waals surface area (Å²) in [6.45, 7) is 4.50. The van der Waals surface area contributed by atoms with Crippen molar-refractivity contribution in [3.8, 4) is 0 Å². The fourth-order valence-electron chi connectivity index (χ4n) is 2.84. The van der Waals surface area contributed by atoms with Crippen molar-refractivity contribution in [2.75, 3.05) is 31.9 Å². The second-order valence-electron chi connectivity index (χ2n) is 6.06. The van der Waals surface area contributed by atoms with E-state index >= 15 is 0 Å². The van der Waals surface area contributed by atoms with E-state index in [0.717, 1.165) is 16.3 Å². The van der Waals surface area contributed by atoms with Crippen LogP contribution < -0.4 is 5.73 Å². The third kappa shape index (κ3) is 4.50. The van der Waals surface area contributed by atoms with Gasteiger partial charge in [0.1, 0.15) is 5.01 Å². The number of benzene rings is 1. The Hall–Kier alpha value is -1.64. The summed E-state index contributed by atoms with van der Waals surface area (Å²) < 4.78 is 1.18. The molecule has 0 radical (unpaired) electrons. The Morgan fingerprint density at radius 3 is 2.68 bits per heavy atom. The molecule has 1 aliphatic heterocycles. The zero-order valence-electron chi connectivity index (χ0n) is 14.2. The minimum Gasteiger partial charge on any atom is -0.368 e. The number of aromatic nitrogens is 1. The first-order valence-electron chi connectivity index (χ1n) is 8.28. The van der Waals surface area contributed by atoms with Gasteiger partial charge < -0.3 is 10.6 Å². The van der Waals surface area contributed by atoms with Gasteiger partial charge in [-0.25, -0.2) is 4.98 Å². The lowest BCUT2D eigenvalue weighted by molar-refractivity contribution is -0.131. The Morgan fingerprint density at radius 2 is 2.00 bits per heavy atom. The summed E-state index contributed by atoms with van der Waals surface area (Å²) in [7, 11) is 0. The fourth-order valence-corrected chi connectivity index (χ4v) is 4.78. The molecule has 2 N–H and O–H groups in total. The van der Waals surface area contributed by atoms with Crippen molar-refractivity contribution in [2.24, 2.45) is 5.73 Å². The molecule has 1 aromatic carbocycles. The van der Waals surface area contributed by atoms with Crippen LogP contribution in [-0.4, -0.2) is 64.6 Å². The molecular formula is C17H22N4O2S2. The monoisotopic (exact) mass is 378 g/mol. The lowest BCUT2D eigenvalue weighted by Gasteiger charge is -2.36. The molecule has 0 spiro atoms. The van der Waals surface area contributed by atoms with E-state index < -0.39 is 0 Å². The smallest absolute Gasteiger partial charge is 0.234 e. The molecular weight excluding hydrogens is 356 g/mol. The summed E-state index contributed by atoms with van der Waals surface area (Å²) in [5.74, 6) is 1.05. The molecule has 2 amide bonds. The van der Waals surface area contributed by atoms with Gasteiger partial charge in [0.05, 0.1) is 22.0 Å². The minimum absolute atomic E-state index is 0.150. The van der Waals surface area contributed by atoms with Crippen LogP contribution in [-0.2, 0) is 15.3 Å². The van der Waals surface area contributed by atoms with E-state index in [0.29, 0.717) is 31.9 Å². The predicted molar refractivity (Wildman–Crippen MR) is 103 cm³/mol. The molecule has 134 valence electrons. The largest absolute Gasteiger partial charge is 0.368 e. The van der Waals surface area contributed by atoms with E-state index in [1.807, 2.05) is 34.9 Å². The molecule has 1 unspecified atom stereocenters. The van der Waals surface area contributed by atoms with Gasteiger partial charge in [-0.15, -0.1) is 23.1 Å². The Morgan fingerprint density at radius 1 is 1.28 bits per heavy atom. The van der Waals surface area contributed by atoms with Crippen LogP contribution in [0, 0.1) is 0 Å². The van der Waals surface area contributed by atoms with Crippen LogP contribution >= 0.6 is 23.1 Å². The second kappa shape index (κ2) is 8.16. The Kier molecular flexibility index (Phi) is 5.93. The topological polar surface area (TPSA) is 79.5 Å². The van der Waals surface area contributed by atoms with Gasteiger partial charge in [0, 0.05) is 31.9 Å². The highest BCUT2D eigenvalue weighted by molar-refractivity contribution is 7.99. The number of fused-ring (bicyclic) bond motifs is 1. The first kappa shape index (κ1) is 18.2. The van der Waals surface area contributed by atoms with Crippen LogP contribution in [0.3, 0.4) is 0 Å². The van der Waals surface area contributed by atoms with Crippen LogP contribution in [0.4, 0.5) is 0 Å². The summed E-state index contributed by atoms with van der Waals surface area (Å²) in [5, 5.41) is 1.05. The Balaban J connectivity index is 1.43.